The topological polar surface area (TPSA) is 0 Å². The van der Waals surface area contributed by atoms with E-state index in [9.17, 15) is 0 Å². The van der Waals surface area contributed by atoms with E-state index in [1.165, 1.54) is 37.7 Å². The fourth-order valence-corrected chi connectivity index (χ4v) is 1.51. The average molecular weight is 208 g/mol. The minimum absolute atomic E-state index is 0.881. The molecule has 0 N–H and O–H groups in total. The molecule has 0 rings (SSSR count). The molecule has 1 atom stereocenters. The van der Waals surface area contributed by atoms with E-state index in [0.29, 0.717) is 0 Å². The van der Waals surface area contributed by atoms with E-state index in [1.54, 1.807) is 5.57 Å². The minimum Gasteiger partial charge on any atom is -0.0856 e. The molecule has 0 radical (unpaired) electrons. The van der Waals surface area contributed by atoms with Gasteiger partial charge in [0.05, 0.1) is 0 Å². The summed E-state index contributed by atoms with van der Waals surface area (Å²) in [6.07, 6.45) is 11.1. The maximum absolute atomic E-state index is 2.42. The summed E-state index contributed by atoms with van der Waals surface area (Å²) < 4.78 is 0. The van der Waals surface area contributed by atoms with E-state index in [-0.39, 0.29) is 0 Å². The molecule has 0 aromatic rings. The maximum Gasteiger partial charge on any atom is -0.0288 e. The summed E-state index contributed by atoms with van der Waals surface area (Å²) in [6.45, 7) is 11.2. The van der Waals surface area contributed by atoms with E-state index in [2.05, 4.69) is 46.8 Å². The van der Waals surface area contributed by atoms with Crippen molar-refractivity contribution in [2.45, 2.75) is 66.7 Å². The van der Waals surface area contributed by atoms with Crippen molar-refractivity contribution in [3.63, 3.8) is 0 Å². The fourth-order valence-electron chi connectivity index (χ4n) is 1.51. The fraction of sp³-hybridized carbons (Fsp3) is 0.733. The molecule has 0 heteroatoms. The van der Waals surface area contributed by atoms with Gasteiger partial charge in [0.1, 0.15) is 0 Å². The summed E-state index contributed by atoms with van der Waals surface area (Å²) in [5.41, 5.74) is 2.98. The van der Waals surface area contributed by atoms with Crippen LogP contribution in [0.15, 0.2) is 23.3 Å². The second kappa shape index (κ2) is 8.76. The predicted molar refractivity (Wildman–Crippen MR) is 71.1 cm³/mol. The lowest BCUT2D eigenvalue weighted by atomic mass is 10.0. The number of rotatable bonds is 7. The first-order valence-electron chi connectivity index (χ1n) is 6.35. The Hall–Kier alpha value is -0.520. The summed E-state index contributed by atoms with van der Waals surface area (Å²) in [6, 6.07) is 0. The van der Waals surface area contributed by atoms with E-state index >= 15 is 0 Å². The predicted octanol–water partition coefficient (Wildman–Crippen LogP) is 5.51. The highest BCUT2D eigenvalue weighted by Gasteiger charge is 1.96. The van der Waals surface area contributed by atoms with Gasteiger partial charge in [0.25, 0.3) is 0 Å². The van der Waals surface area contributed by atoms with Crippen molar-refractivity contribution in [3.05, 3.63) is 23.3 Å². The lowest BCUT2D eigenvalue weighted by Gasteiger charge is -2.05. The van der Waals surface area contributed by atoms with E-state index in [0.717, 1.165) is 5.92 Å². The Kier molecular flexibility index (Phi) is 8.46. The monoisotopic (exact) mass is 208 g/mol. The Morgan fingerprint density at radius 1 is 1.07 bits per heavy atom. The zero-order valence-electron chi connectivity index (χ0n) is 11.3. The molecule has 0 saturated heterocycles. The van der Waals surface area contributed by atoms with Gasteiger partial charge in [-0.3, -0.25) is 0 Å². The van der Waals surface area contributed by atoms with Gasteiger partial charge in [-0.1, -0.05) is 43.6 Å². The molecule has 0 heterocycles. The zero-order valence-corrected chi connectivity index (χ0v) is 11.3. The summed E-state index contributed by atoms with van der Waals surface area (Å²) >= 11 is 0. The van der Waals surface area contributed by atoms with Gasteiger partial charge < -0.3 is 0 Å². The van der Waals surface area contributed by atoms with Crippen molar-refractivity contribution in [1.29, 1.82) is 0 Å². The number of hydrogen-bond acceptors (Lipinski definition) is 0. The van der Waals surface area contributed by atoms with Crippen LogP contribution < -0.4 is 0 Å². The van der Waals surface area contributed by atoms with Crippen molar-refractivity contribution >= 4 is 0 Å². The van der Waals surface area contributed by atoms with Crippen molar-refractivity contribution in [1.82, 2.24) is 0 Å². The average Bonchev–Trinajstić information content (AvgIpc) is 2.17. The van der Waals surface area contributed by atoms with Gasteiger partial charge in [0, 0.05) is 0 Å². The van der Waals surface area contributed by atoms with Crippen molar-refractivity contribution in [2.75, 3.05) is 0 Å². The third-order valence-corrected chi connectivity index (χ3v) is 2.94. The molecule has 0 aromatic carbocycles. The summed E-state index contributed by atoms with van der Waals surface area (Å²) in [4.78, 5) is 0. The third kappa shape index (κ3) is 9.78. The Morgan fingerprint density at radius 2 is 1.73 bits per heavy atom. The normalized spacial score (nSPS) is 13.8. The Morgan fingerprint density at radius 3 is 2.27 bits per heavy atom. The molecule has 0 nitrogen and oxygen atoms in total. The molecule has 0 amide bonds. The lowest BCUT2D eigenvalue weighted by molar-refractivity contribution is 0.521. The van der Waals surface area contributed by atoms with Gasteiger partial charge in [-0.05, 0) is 52.4 Å². The van der Waals surface area contributed by atoms with Crippen LogP contribution in [0.5, 0.6) is 0 Å². The molecule has 0 aliphatic rings. The molecule has 0 fully saturated rings. The van der Waals surface area contributed by atoms with Gasteiger partial charge >= 0.3 is 0 Å². The van der Waals surface area contributed by atoms with Crippen LogP contribution in [0.2, 0.25) is 0 Å². The Bertz CT molecular complexity index is 204. The van der Waals surface area contributed by atoms with E-state index in [4.69, 9.17) is 0 Å². The largest absolute Gasteiger partial charge is 0.0856 e. The molecule has 15 heavy (non-hydrogen) atoms. The highest BCUT2D eigenvalue weighted by Crippen LogP contribution is 2.13. The standard InChI is InChI=1S/C15H28/c1-6-14(4)10-8-12-15(5)11-7-9-13(2)3/h9,12,14H,6-8,10-11H2,1-5H3. The highest BCUT2D eigenvalue weighted by molar-refractivity contribution is 5.02. The van der Waals surface area contributed by atoms with E-state index < -0.39 is 0 Å². The first kappa shape index (κ1) is 14.5. The number of hydrogen-bond donors (Lipinski definition) is 0. The molecule has 0 aliphatic heterocycles. The van der Waals surface area contributed by atoms with Crippen molar-refractivity contribution in [3.8, 4) is 0 Å². The van der Waals surface area contributed by atoms with Crippen molar-refractivity contribution in [2.24, 2.45) is 5.92 Å². The Balaban J connectivity index is 3.65. The second-order valence-corrected chi connectivity index (χ2v) is 4.96. The maximum atomic E-state index is 2.42. The zero-order chi connectivity index (χ0) is 11.7. The molecule has 0 saturated carbocycles. The summed E-state index contributed by atoms with van der Waals surface area (Å²) in [7, 11) is 0. The first-order chi connectivity index (χ1) is 7.06. The molecular formula is C15H28. The van der Waals surface area contributed by atoms with Crippen LogP contribution in [-0.4, -0.2) is 0 Å². The molecule has 0 bridgehead atoms. The lowest BCUT2D eigenvalue weighted by Crippen LogP contribution is -1.90. The Labute approximate surface area is 96.5 Å². The van der Waals surface area contributed by atoms with Gasteiger partial charge in [-0.15, -0.1) is 0 Å². The summed E-state index contributed by atoms with van der Waals surface area (Å²) in [5, 5.41) is 0. The van der Waals surface area contributed by atoms with Gasteiger partial charge in [-0.25, -0.2) is 0 Å². The van der Waals surface area contributed by atoms with E-state index in [1.807, 2.05) is 0 Å². The molecule has 0 aliphatic carbocycles. The van der Waals surface area contributed by atoms with Crippen LogP contribution in [0.4, 0.5) is 0 Å². The van der Waals surface area contributed by atoms with Gasteiger partial charge in [-0.2, -0.15) is 0 Å². The third-order valence-electron chi connectivity index (χ3n) is 2.94. The van der Waals surface area contributed by atoms with Crippen LogP contribution >= 0.6 is 0 Å². The molecule has 88 valence electrons. The van der Waals surface area contributed by atoms with Gasteiger partial charge in [0.15, 0.2) is 0 Å². The van der Waals surface area contributed by atoms with Crippen LogP contribution in [0.1, 0.15) is 66.7 Å². The minimum atomic E-state index is 0.881. The molecular weight excluding hydrogens is 180 g/mol. The highest BCUT2D eigenvalue weighted by atomic mass is 14.0. The smallest absolute Gasteiger partial charge is 0.0288 e. The molecule has 0 aromatic heterocycles. The summed E-state index contributed by atoms with van der Waals surface area (Å²) in [5.74, 6) is 0.881. The quantitative estimate of drug-likeness (QED) is 0.484. The van der Waals surface area contributed by atoms with Crippen LogP contribution in [0, 0.1) is 5.92 Å². The van der Waals surface area contributed by atoms with Crippen molar-refractivity contribution < 1.29 is 0 Å². The van der Waals surface area contributed by atoms with Crippen LogP contribution in [0.25, 0.3) is 0 Å². The van der Waals surface area contributed by atoms with Gasteiger partial charge in [0.2, 0.25) is 0 Å². The first-order valence-corrected chi connectivity index (χ1v) is 6.35. The molecule has 1 unspecified atom stereocenters. The van der Waals surface area contributed by atoms with Crippen LogP contribution in [0.3, 0.4) is 0 Å². The second-order valence-electron chi connectivity index (χ2n) is 4.96. The van der Waals surface area contributed by atoms with Crippen LogP contribution in [-0.2, 0) is 0 Å². The SMILES string of the molecule is CCC(C)CCC=C(C)CCC=C(C)C. The molecule has 0 spiro atoms. The number of allylic oxidation sites excluding steroid dienone is 4.